The Kier molecular flexibility index (Phi) is 7.51. The zero-order chi connectivity index (χ0) is 9.40. The summed E-state index contributed by atoms with van der Waals surface area (Å²) >= 11 is 0. The highest BCUT2D eigenvalue weighted by Gasteiger charge is 2.13. The summed E-state index contributed by atoms with van der Waals surface area (Å²) in [6, 6.07) is 0.627. The first-order valence-electron chi connectivity index (χ1n) is 5.14. The van der Waals surface area contributed by atoms with Gasteiger partial charge in [-0.1, -0.05) is 13.8 Å². The molecule has 1 atom stereocenters. The maximum atomic E-state index is 5.46. The van der Waals surface area contributed by atoms with E-state index in [4.69, 9.17) is 4.74 Å². The molecule has 0 amide bonds. The van der Waals surface area contributed by atoms with Crippen molar-refractivity contribution in [2.45, 2.75) is 52.7 Å². The molecule has 1 unspecified atom stereocenters. The van der Waals surface area contributed by atoms with Crippen molar-refractivity contribution in [2.24, 2.45) is 0 Å². The monoisotopic (exact) mass is 173 g/mol. The fourth-order valence-electron chi connectivity index (χ4n) is 1.21. The third-order valence-corrected chi connectivity index (χ3v) is 1.79. The summed E-state index contributed by atoms with van der Waals surface area (Å²) < 4.78 is 5.46. The highest BCUT2D eigenvalue weighted by Crippen LogP contribution is 2.05. The van der Waals surface area contributed by atoms with Crippen molar-refractivity contribution in [3.63, 3.8) is 0 Å². The molecule has 0 aromatic rings. The predicted octanol–water partition coefficient (Wildman–Crippen LogP) is 2.19. The summed E-state index contributed by atoms with van der Waals surface area (Å²) in [4.78, 5) is 0. The molecule has 0 aromatic heterocycles. The van der Waals surface area contributed by atoms with E-state index in [2.05, 4.69) is 19.2 Å². The Balaban J connectivity index is 0.000000561. The van der Waals surface area contributed by atoms with Crippen molar-refractivity contribution in [3.8, 4) is 0 Å². The van der Waals surface area contributed by atoms with Crippen molar-refractivity contribution in [1.82, 2.24) is 5.32 Å². The average molecular weight is 173 g/mol. The molecule has 12 heavy (non-hydrogen) atoms. The minimum absolute atomic E-state index is 0.377. The Hall–Kier alpha value is -0.0800. The molecular weight excluding hydrogens is 150 g/mol. The Morgan fingerprint density at radius 3 is 2.50 bits per heavy atom. The number of hydrogen-bond donors (Lipinski definition) is 1. The predicted molar refractivity (Wildman–Crippen MR) is 53.5 cm³/mol. The van der Waals surface area contributed by atoms with Gasteiger partial charge in [0.1, 0.15) is 0 Å². The van der Waals surface area contributed by atoms with Crippen LogP contribution in [0.2, 0.25) is 0 Å². The Labute approximate surface area is 76.7 Å². The van der Waals surface area contributed by atoms with E-state index in [1.54, 1.807) is 0 Å². The summed E-state index contributed by atoms with van der Waals surface area (Å²) in [6.45, 7) is 10.2. The molecule has 0 aromatic carbocycles. The van der Waals surface area contributed by atoms with Crippen molar-refractivity contribution < 1.29 is 4.74 Å². The molecule has 1 N–H and O–H groups in total. The second-order valence-corrected chi connectivity index (χ2v) is 3.18. The van der Waals surface area contributed by atoms with Crippen LogP contribution in [0.5, 0.6) is 0 Å². The molecule has 1 fully saturated rings. The zero-order valence-corrected chi connectivity index (χ0v) is 8.89. The lowest BCUT2D eigenvalue weighted by atomic mass is 10.2. The molecule has 0 aliphatic carbocycles. The largest absolute Gasteiger partial charge is 0.377 e. The molecule has 1 saturated heterocycles. The molecule has 2 heteroatoms. The first-order chi connectivity index (χ1) is 5.79. The molecular formula is C10H23NO. The minimum Gasteiger partial charge on any atom is -0.377 e. The Morgan fingerprint density at radius 2 is 2.08 bits per heavy atom. The second kappa shape index (κ2) is 7.56. The maximum Gasteiger partial charge on any atom is 0.0623 e. The highest BCUT2D eigenvalue weighted by atomic mass is 16.5. The van der Waals surface area contributed by atoms with Gasteiger partial charge in [0, 0.05) is 6.04 Å². The maximum absolute atomic E-state index is 5.46. The van der Waals surface area contributed by atoms with Crippen LogP contribution in [-0.2, 0) is 4.74 Å². The van der Waals surface area contributed by atoms with E-state index in [1.165, 1.54) is 19.4 Å². The van der Waals surface area contributed by atoms with Gasteiger partial charge in [-0.2, -0.15) is 0 Å². The third-order valence-electron chi connectivity index (χ3n) is 1.79. The van der Waals surface area contributed by atoms with Gasteiger partial charge in [-0.3, -0.25) is 0 Å². The van der Waals surface area contributed by atoms with Gasteiger partial charge in [-0.15, -0.1) is 0 Å². The molecule has 1 aliphatic rings. The van der Waals surface area contributed by atoms with E-state index in [9.17, 15) is 0 Å². The summed E-state index contributed by atoms with van der Waals surface area (Å²) in [5.41, 5.74) is 0. The first kappa shape index (κ1) is 11.9. The molecule has 2 nitrogen and oxygen atoms in total. The van der Waals surface area contributed by atoms with Crippen LogP contribution in [0.25, 0.3) is 0 Å². The van der Waals surface area contributed by atoms with Gasteiger partial charge in [0.05, 0.1) is 12.7 Å². The highest BCUT2D eigenvalue weighted by molar-refractivity contribution is 4.73. The Morgan fingerprint density at radius 1 is 1.42 bits per heavy atom. The van der Waals surface area contributed by atoms with Crippen LogP contribution in [-0.4, -0.2) is 25.3 Å². The molecule has 1 rings (SSSR count). The third kappa shape index (κ3) is 5.56. The van der Waals surface area contributed by atoms with Crippen molar-refractivity contribution in [1.29, 1.82) is 0 Å². The molecule has 0 bridgehead atoms. The fourth-order valence-corrected chi connectivity index (χ4v) is 1.21. The van der Waals surface area contributed by atoms with Crippen LogP contribution in [0.1, 0.15) is 40.5 Å². The standard InChI is InChI=1S/C8H17NO.C2H6/c1-7(2)10-6-8-4-3-5-9-8;1-2/h7-9H,3-6H2,1-2H3;1-2H3. The van der Waals surface area contributed by atoms with Crippen LogP contribution in [0.3, 0.4) is 0 Å². The van der Waals surface area contributed by atoms with Gasteiger partial charge in [0.2, 0.25) is 0 Å². The smallest absolute Gasteiger partial charge is 0.0623 e. The molecule has 0 spiro atoms. The van der Waals surface area contributed by atoms with Gasteiger partial charge in [0.15, 0.2) is 0 Å². The Bertz CT molecular complexity index is 87.8. The molecule has 1 heterocycles. The van der Waals surface area contributed by atoms with Crippen molar-refractivity contribution >= 4 is 0 Å². The van der Waals surface area contributed by atoms with Crippen LogP contribution >= 0.6 is 0 Å². The average Bonchev–Trinajstić information content (AvgIpc) is 2.56. The van der Waals surface area contributed by atoms with Gasteiger partial charge in [-0.25, -0.2) is 0 Å². The lowest BCUT2D eigenvalue weighted by Crippen LogP contribution is -2.28. The lowest BCUT2D eigenvalue weighted by Gasteiger charge is -2.12. The molecule has 1 aliphatic heterocycles. The van der Waals surface area contributed by atoms with E-state index in [0.29, 0.717) is 12.1 Å². The minimum atomic E-state index is 0.377. The van der Waals surface area contributed by atoms with Gasteiger partial charge in [0.25, 0.3) is 0 Å². The summed E-state index contributed by atoms with van der Waals surface area (Å²) in [5.74, 6) is 0. The second-order valence-electron chi connectivity index (χ2n) is 3.18. The quantitative estimate of drug-likeness (QED) is 0.706. The topological polar surface area (TPSA) is 21.3 Å². The molecule has 0 saturated carbocycles. The molecule has 0 radical (unpaired) electrons. The number of hydrogen-bond acceptors (Lipinski definition) is 2. The van der Waals surface area contributed by atoms with Crippen LogP contribution in [0, 0.1) is 0 Å². The van der Waals surface area contributed by atoms with Crippen molar-refractivity contribution in [3.05, 3.63) is 0 Å². The fraction of sp³-hybridized carbons (Fsp3) is 1.00. The van der Waals surface area contributed by atoms with Crippen molar-refractivity contribution in [2.75, 3.05) is 13.2 Å². The van der Waals surface area contributed by atoms with Gasteiger partial charge >= 0.3 is 0 Å². The summed E-state index contributed by atoms with van der Waals surface area (Å²) in [5, 5.41) is 3.39. The number of nitrogens with one attached hydrogen (secondary N) is 1. The van der Waals surface area contributed by atoms with E-state index in [0.717, 1.165) is 6.61 Å². The number of rotatable bonds is 3. The first-order valence-corrected chi connectivity index (χ1v) is 5.14. The zero-order valence-electron chi connectivity index (χ0n) is 8.89. The van der Waals surface area contributed by atoms with E-state index >= 15 is 0 Å². The van der Waals surface area contributed by atoms with Crippen LogP contribution < -0.4 is 5.32 Å². The van der Waals surface area contributed by atoms with Gasteiger partial charge < -0.3 is 10.1 Å². The van der Waals surface area contributed by atoms with E-state index < -0.39 is 0 Å². The molecule has 74 valence electrons. The SMILES string of the molecule is CC.CC(C)OCC1CCCN1. The van der Waals surface area contributed by atoms with E-state index in [1.807, 2.05) is 13.8 Å². The van der Waals surface area contributed by atoms with Crippen LogP contribution in [0.15, 0.2) is 0 Å². The number of ether oxygens (including phenoxy) is 1. The normalized spacial score (nSPS) is 22.2. The van der Waals surface area contributed by atoms with Crippen LogP contribution in [0.4, 0.5) is 0 Å². The lowest BCUT2D eigenvalue weighted by molar-refractivity contribution is 0.0649. The van der Waals surface area contributed by atoms with E-state index in [-0.39, 0.29) is 0 Å². The van der Waals surface area contributed by atoms with Gasteiger partial charge in [-0.05, 0) is 33.2 Å². The summed E-state index contributed by atoms with van der Waals surface area (Å²) in [6.07, 6.45) is 2.97. The summed E-state index contributed by atoms with van der Waals surface area (Å²) in [7, 11) is 0.